The number of nitrogens with zero attached hydrogens (tertiary/aromatic N) is 5. The lowest BCUT2D eigenvalue weighted by Crippen LogP contribution is -2.34. The van der Waals surface area contributed by atoms with Gasteiger partial charge in [-0.1, -0.05) is 0 Å². The van der Waals surface area contributed by atoms with Gasteiger partial charge < -0.3 is 15.2 Å². The predicted molar refractivity (Wildman–Crippen MR) is 110 cm³/mol. The molecule has 172 valence electrons. The number of halogens is 3. The fraction of sp³-hybridized carbons (Fsp3) is 0.571. The van der Waals surface area contributed by atoms with Gasteiger partial charge in [0.2, 0.25) is 5.95 Å². The Labute approximate surface area is 182 Å². The van der Waals surface area contributed by atoms with Crippen LogP contribution in [0.15, 0.2) is 24.7 Å². The zero-order valence-corrected chi connectivity index (χ0v) is 17.6. The summed E-state index contributed by atoms with van der Waals surface area (Å²) in [6.45, 7) is 2.29. The minimum absolute atomic E-state index is 0.0797. The van der Waals surface area contributed by atoms with E-state index in [1.807, 2.05) is 16.9 Å². The van der Waals surface area contributed by atoms with E-state index in [-0.39, 0.29) is 24.0 Å². The molecule has 2 N–H and O–H groups in total. The molecule has 0 radical (unpaired) electrons. The molecule has 0 unspecified atom stereocenters. The second-order valence-corrected chi connectivity index (χ2v) is 8.68. The van der Waals surface area contributed by atoms with Gasteiger partial charge in [0.1, 0.15) is 6.04 Å². The van der Waals surface area contributed by atoms with Crippen molar-refractivity contribution in [2.45, 2.75) is 62.9 Å². The average Bonchev–Trinajstić information content (AvgIpc) is 3.31. The largest absolute Gasteiger partial charge is 0.408 e. The lowest BCUT2D eigenvalue weighted by Gasteiger charge is -2.25. The Kier molecular flexibility index (Phi) is 5.32. The van der Waals surface area contributed by atoms with Crippen LogP contribution in [0.5, 0.6) is 0 Å². The van der Waals surface area contributed by atoms with Crippen molar-refractivity contribution in [1.29, 1.82) is 0 Å². The summed E-state index contributed by atoms with van der Waals surface area (Å²) in [6, 6.07) is 0.473. The van der Waals surface area contributed by atoms with E-state index in [0.29, 0.717) is 31.6 Å². The fourth-order valence-electron chi connectivity index (χ4n) is 4.30. The zero-order valence-electron chi connectivity index (χ0n) is 17.6. The van der Waals surface area contributed by atoms with Crippen molar-refractivity contribution < 1.29 is 23.0 Å². The summed E-state index contributed by atoms with van der Waals surface area (Å²) in [4.78, 5) is 4.16. The fourth-order valence-corrected chi connectivity index (χ4v) is 4.30. The van der Waals surface area contributed by atoms with Gasteiger partial charge in [-0.25, -0.2) is 9.50 Å². The first kappa shape index (κ1) is 21.2. The number of rotatable bonds is 5. The summed E-state index contributed by atoms with van der Waals surface area (Å²) in [5.41, 5.74) is 3.39. The molecule has 0 spiro atoms. The molecular formula is C21H25F3N6O2. The summed E-state index contributed by atoms with van der Waals surface area (Å²) in [5.74, 6) is 0.0707. The number of nitrogens with one attached hydrogen (secondary N) is 1. The smallest absolute Gasteiger partial charge is 0.393 e. The van der Waals surface area contributed by atoms with E-state index in [2.05, 4.69) is 20.5 Å². The van der Waals surface area contributed by atoms with E-state index in [9.17, 15) is 18.3 Å². The van der Waals surface area contributed by atoms with Crippen LogP contribution >= 0.6 is 0 Å². The highest BCUT2D eigenvalue weighted by Gasteiger charge is 2.36. The summed E-state index contributed by atoms with van der Waals surface area (Å²) in [6.07, 6.45) is 3.53. The van der Waals surface area contributed by atoms with Crippen LogP contribution in [0.2, 0.25) is 0 Å². The van der Waals surface area contributed by atoms with E-state index in [0.717, 1.165) is 36.6 Å². The van der Waals surface area contributed by atoms with Gasteiger partial charge in [-0.3, -0.25) is 4.68 Å². The van der Waals surface area contributed by atoms with E-state index < -0.39 is 12.2 Å². The molecule has 2 aliphatic rings. The molecule has 0 bridgehead atoms. The molecule has 32 heavy (non-hydrogen) atoms. The molecule has 3 aromatic heterocycles. The minimum atomic E-state index is -4.40. The number of hydrogen-bond donors (Lipinski definition) is 2. The van der Waals surface area contributed by atoms with E-state index in [1.165, 1.54) is 0 Å². The highest BCUT2D eigenvalue weighted by Crippen LogP contribution is 2.38. The highest BCUT2D eigenvalue weighted by molar-refractivity contribution is 5.81. The second-order valence-electron chi connectivity index (χ2n) is 8.68. The first-order valence-corrected chi connectivity index (χ1v) is 10.8. The first-order chi connectivity index (χ1) is 15.3. The maximum absolute atomic E-state index is 13.0. The number of aliphatic hydroxyl groups excluding tert-OH is 1. The van der Waals surface area contributed by atoms with Gasteiger partial charge in [-0.15, -0.1) is 5.10 Å². The molecule has 4 heterocycles. The van der Waals surface area contributed by atoms with Crippen LogP contribution in [0.3, 0.4) is 0 Å². The lowest BCUT2D eigenvalue weighted by atomic mass is 9.85. The van der Waals surface area contributed by atoms with Crippen molar-refractivity contribution in [3.05, 3.63) is 30.4 Å². The Balaban J connectivity index is 1.54. The van der Waals surface area contributed by atoms with Gasteiger partial charge in [0.15, 0.2) is 0 Å². The van der Waals surface area contributed by atoms with Gasteiger partial charge in [0, 0.05) is 28.9 Å². The van der Waals surface area contributed by atoms with Crippen LogP contribution in [0.4, 0.5) is 19.1 Å². The average molecular weight is 450 g/mol. The molecule has 11 heteroatoms. The SMILES string of the molecule is C[C@H](Nc1ncc2c(-c3cnn(C4COC4)c3)cc([C@H]3CC[C@H](O)CC3)n2n1)C(F)(F)F. The molecule has 1 saturated heterocycles. The molecule has 1 atom stereocenters. The highest BCUT2D eigenvalue weighted by atomic mass is 19.4. The van der Waals surface area contributed by atoms with Crippen molar-refractivity contribution in [1.82, 2.24) is 24.4 Å². The normalized spacial score (nSPS) is 23.3. The van der Waals surface area contributed by atoms with Crippen molar-refractivity contribution in [2.75, 3.05) is 18.5 Å². The summed E-state index contributed by atoms with van der Waals surface area (Å²) >= 11 is 0. The Bertz CT molecular complexity index is 1100. The van der Waals surface area contributed by atoms with Gasteiger partial charge in [0.05, 0.1) is 43.3 Å². The molecule has 5 rings (SSSR count). The Morgan fingerprint density at radius 3 is 2.59 bits per heavy atom. The molecule has 1 aliphatic heterocycles. The van der Waals surface area contributed by atoms with Crippen molar-refractivity contribution >= 4 is 11.5 Å². The van der Waals surface area contributed by atoms with Crippen molar-refractivity contribution in [3.63, 3.8) is 0 Å². The standard InChI is InChI=1S/C21H25F3N6O2/c1-12(21(22,23)24)27-20-25-8-19-17(14-7-26-29(9-14)15-10-32-11-15)6-18(30(19)28-20)13-2-4-16(31)5-3-13/h6-9,12-13,15-16,31H,2-5,10-11H2,1H3,(H,27,28)/t12-,13-,16-/m0/s1. The summed E-state index contributed by atoms with van der Waals surface area (Å²) < 4.78 is 47.9. The zero-order chi connectivity index (χ0) is 22.5. The third-order valence-electron chi connectivity index (χ3n) is 6.40. The molecular weight excluding hydrogens is 425 g/mol. The molecule has 2 fully saturated rings. The first-order valence-electron chi connectivity index (χ1n) is 10.8. The van der Waals surface area contributed by atoms with Crippen LogP contribution in [0, 0.1) is 0 Å². The number of hydrogen-bond acceptors (Lipinski definition) is 6. The van der Waals surface area contributed by atoms with Crippen LogP contribution in [0.25, 0.3) is 16.6 Å². The van der Waals surface area contributed by atoms with Gasteiger partial charge >= 0.3 is 6.18 Å². The number of ether oxygens (including phenoxy) is 1. The van der Waals surface area contributed by atoms with Crippen molar-refractivity contribution in [2.24, 2.45) is 0 Å². The predicted octanol–water partition coefficient (Wildman–Crippen LogP) is 3.55. The van der Waals surface area contributed by atoms with Gasteiger partial charge in [0.25, 0.3) is 0 Å². The molecule has 0 amide bonds. The minimum Gasteiger partial charge on any atom is -0.393 e. The monoisotopic (exact) mass is 450 g/mol. The number of alkyl halides is 3. The van der Waals surface area contributed by atoms with Crippen LogP contribution in [0.1, 0.15) is 50.3 Å². The Morgan fingerprint density at radius 2 is 1.94 bits per heavy atom. The van der Waals surface area contributed by atoms with Gasteiger partial charge in [-0.05, 0) is 38.7 Å². The maximum Gasteiger partial charge on any atom is 0.408 e. The van der Waals surface area contributed by atoms with Gasteiger partial charge in [-0.2, -0.15) is 18.3 Å². The number of aromatic nitrogens is 5. The Hall–Kier alpha value is -2.66. The quantitative estimate of drug-likeness (QED) is 0.618. The third kappa shape index (κ3) is 3.95. The summed E-state index contributed by atoms with van der Waals surface area (Å²) in [7, 11) is 0. The van der Waals surface area contributed by atoms with E-state index >= 15 is 0 Å². The number of aliphatic hydroxyl groups is 1. The molecule has 1 aliphatic carbocycles. The molecule has 0 aromatic carbocycles. The third-order valence-corrected chi connectivity index (χ3v) is 6.40. The topological polar surface area (TPSA) is 89.5 Å². The molecule has 1 saturated carbocycles. The maximum atomic E-state index is 13.0. The van der Waals surface area contributed by atoms with E-state index in [4.69, 9.17) is 4.74 Å². The van der Waals surface area contributed by atoms with Crippen LogP contribution < -0.4 is 5.32 Å². The number of anilines is 1. The summed E-state index contributed by atoms with van der Waals surface area (Å²) in [5, 5.41) is 21.1. The van der Waals surface area contributed by atoms with E-state index in [1.54, 1.807) is 16.9 Å². The number of fused-ring (bicyclic) bond motifs is 1. The van der Waals surface area contributed by atoms with Crippen molar-refractivity contribution in [3.8, 4) is 11.1 Å². The van der Waals surface area contributed by atoms with Crippen LogP contribution in [-0.4, -0.2) is 61.0 Å². The second kappa shape index (κ2) is 8.04. The Morgan fingerprint density at radius 1 is 1.19 bits per heavy atom. The molecule has 3 aromatic rings. The van der Waals surface area contributed by atoms with Crippen LogP contribution in [-0.2, 0) is 4.74 Å². The lowest BCUT2D eigenvalue weighted by molar-refractivity contribution is -0.138. The molecule has 8 nitrogen and oxygen atoms in total.